The van der Waals surface area contributed by atoms with Crippen LogP contribution in [0.5, 0.6) is 17.4 Å². The van der Waals surface area contributed by atoms with E-state index in [1.807, 2.05) is 6.07 Å². The van der Waals surface area contributed by atoms with Crippen molar-refractivity contribution >= 4 is 17.3 Å². The number of aromatic nitrogens is 1. The van der Waals surface area contributed by atoms with Crippen molar-refractivity contribution in [3.05, 3.63) is 51.2 Å². The molecule has 8 heteroatoms. The smallest absolute Gasteiger partial charge is 0.314 e. The normalized spacial score (nSPS) is 9.76. The Hall–Kier alpha value is -2.85. The Morgan fingerprint density at radius 2 is 2.19 bits per heavy atom. The molecule has 0 fully saturated rings. The summed E-state index contributed by atoms with van der Waals surface area (Å²) in [6, 6.07) is 7.39. The summed E-state index contributed by atoms with van der Waals surface area (Å²) in [6.45, 7) is 0. The summed E-state index contributed by atoms with van der Waals surface area (Å²) in [5, 5.41) is 19.8. The molecule has 0 amide bonds. The summed E-state index contributed by atoms with van der Waals surface area (Å²) in [6.07, 6.45) is 1.36. The van der Waals surface area contributed by atoms with E-state index in [0.717, 1.165) is 0 Å². The van der Waals surface area contributed by atoms with Gasteiger partial charge in [0.05, 0.1) is 23.7 Å². The lowest BCUT2D eigenvalue weighted by Gasteiger charge is -2.08. The zero-order valence-electron chi connectivity index (χ0n) is 10.7. The molecular weight excluding hydrogens is 298 g/mol. The fourth-order valence-corrected chi connectivity index (χ4v) is 1.76. The first-order valence-electron chi connectivity index (χ1n) is 5.61. The molecule has 0 atom stereocenters. The average molecular weight is 306 g/mol. The lowest BCUT2D eigenvalue weighted by Crippen LogP contribution is -1.96. The predicted octanol–water partition coefficient (Wildman–Crippen LogP) is 3.32. The van der Waals surface area contributed by atoms with Gasteiger partial charge in [-0.05, 0) is 18.2 Å². The molecule has 106 valence electrons. The molecule has 2 aromatic rings. The third-order valence-corrected chi connectivity index (χ3v) is 2.90. The van der Waals surface area contributed by atoms with E-state index in [2.05, 4.69) is 4.98 Å². The Kier molecular flexibility index (Phi) is 4.21. The van der Waals surface area contributed by atoms with Crippen molar-refractivity contribution in [1.29, 1.82) is 5.26 Å². The molecule has 0 aliphatic carbocycles. The Balaban J connectivity index is 2.39. The highest BCUT2D eigenvalue weighted by Crippen LogP contribution is 2.34. The third kappa shape index (κ3) is 3.01. The van der Waals surface area contributed by atoms with Gasteiger partial charge in [0.1, 0.15) is 16.8 Å². The van der Waals surface area contributed by atoms with Crippen molar-refractivity contribution in [2.45, 2.75) is 0 Å². The minimum absolute atomic E-state index is 0.00446. The maximum absolute atomic E-state index is 10.9. The molecule has 0 N–H and O–H groups in total. The van der Waals surface area contributed by atoms with Gasteiger partial charge in [-0.15, -0.1) is 0 Å². The molecule has 0 aliphatic rings. The van der Waals surface area contributed by atoms with Crippen LogP contribution in [0, 0.1) is 21.4 Å². The topological polar surface area (TPSA) is 98.3 Å². The number of benzene rings is 1. The van der Waals surface area contributed by atoms with E-state index in [-0.39, 0.29) is 33.7 Å². The van der Waals surface area contributed by atoms with E-state index in [1.54, 1.807) is 0 Å². The summed E-state index contributed by atoms with van der Waals surface area (Å²) in [7, 11) is 1.33. The Bertz CT molecular complexity index is 743. The van der Waals surface area contributed by atoms with Crippen LogP contribution in [0.4, 0.5) is 5.69 Å². The molecule has 21 heavy (non-hydrogen) atoms. The van der Waals surface area contributed by atoms with Crippen LogP contribution in [-0.2, 0) is 0 Å². The fraction of sp³-hybridized carbons (Fsp3) is 0.0769. The number of methoxy groups -OCH3 is 1. The van der Waals surface area contributed by atoms with E-state index in [4.69, 9.17) is 26.3 Å². The number of nitro groups is 1. The number of nitrogens with zero attached hydrogens (tertiary/aromatic N) is 3. The summed E-state index contributed by atoms with van der Waals surface area (Å²) in [4.78, 5) is 14.2. The van der Waals surface area contributed by atoms with Gasteiger partial charge in [0.25, 0.3) is 0 Å². The SMILES string of the molecule is COc1ccc(Oc2nccc(C#N)c2Cl)cc1[N+](=O)[O-]. The molecule has 0 unspecified atom stereocenters. The van der Waals surface area contributed by atoms with Gasteiger partial charge in [-0.1, -0.05) is 11.6 Å². The summed E-state index contributed by atoms with van der Waals surface area (Å²) < 4.78 is 10.3. The highest BCUT2D eigenvalue weighted by molar-refractivity contribution is 6.33. The molecule has 0 radical (unpaired) electrons. The minimum Gasteiger partial charge on any atom is -0.490 e. The van der Waals surface area contributed by atoms with Gasteiger partial charge < -0.3 is 9.47 Å². The molecular formula is C13H8ClN3O4. The van der Waals surface area contributed by atoms with Crippen LogP contribution in [0.1, 0.15) is 5.56 Å². The van der Waals surface area contributed by atoms with Crippen molar-refractivity contribution in [3.63, 3.8) is 0 Å². The molecule has 0 saturated carbocycles. The fourth-order valence-electron chi connectivity index (χ4n) is 1.57. The van der Waals surface area contributed by atoms with Crippen molar-refractivity contribution in [2.24, 2.45) is 0 Å². The van der Waals surface area contributed by atoms with Crippen LogP contribution in [0.15, 0.2) is 30.5 Å². The first kappa shape index (κ1) is 14.6. The molecule has 7 nitrogen and oxygen atoms in total. The van der Waals surface area contributed by atoms with Gasteiger partial charge in [-0.3, -0.25) is 10.1 Å². The Morgan fingerprint density at radius 3 is 2.81 bits per heavy atom. The van der Waals surface area contributed by atoms with Crippen molar-refractivity contribution < 1.29 is 14.4 Å². The van der Waals surface area contributed by atoms with Crippen molar-refractivity contribution in [2.75, 3.05) is 7.11 Å². The maximum atomic E-state index is 10.9. The predicted molar refractivity (Wildman–Crippen MR) is 73.7 cm³/mol. The molecule has 1 aromatic heterocycles. The molecule has 0 saturated heterocycles. The lowest BCUT2D eigenvalue weighted by molar-refractivity contribution is -0.385. The van der Waals surface area contributed by atoms with Crippen LogP contribution < -0.4 is 9.47 Å². The van der Waals surface area contributed by atoms with Gasteiger partial charge >= 0.3 is 5.69 Å². The number of nitro benzene ring substituents is 1. The number of rotatable bonds is 4. The lowest BCUT2D eigenvalue weighted by atomic mass is 10.2. The van der Waals surface area contributed by atoms with E-state index in [0.29, 0.717) is 0 Å². The highest BCUT2D eigenvalue weighted by Gasteiger charge is 2.17. The third-order valence-electron chi connectivity index (χ3n) is 2.54. The van der Waals surface area contributed by atoms with Gasteiger partial charge in [0.15, 0.2) is 5.75 Å². The van der Waals surface area contributed by atoms with Gasteiger partial charge in [-0.25, -0.2) is 4.98 Å². The number of pyridine rings is 1. The number of hydrogen-bond donors (Lipinski definition) is 0. The molecule has 1 heterocycles. The average Bonchev–Trinajstić information content (AvgIpc) is 2.49. The van der Waals surface area contributed by atoms with Crippen LogP contribution >= 0.6 is 11.6 Å². The molecule has 2 rings (SSSR count). The standard InChI is InChI=1S/C13H8ClN3O4/c1-20-11-3-2-9(6-10(11)17(18)19)21-13-12(14)8(7-15)4-5-16-13/h2-6H,1H3. The van der Waals surface area contributed by atoms with Crippen molar-refractivity contribution in [3.8, 4) is 23.4 Å². The van der Waals surface area contributed by atoms with Gasteiger partial charge in [-0.2, -0.15) is 5.26 Å². The number of hydrogen-bond acceptors (Lipinski definition) is 6. The maximum Gasteiger partial charge on any atom is 0.314 e. The second-order valence-corrected chi connectivity index (χ2v) is 4.16. The van der Waals surface area contributed by atoms with Gasteiger partial charge in [0, 0.05) is 6.20 Å². The Labute approximate surface area is 124 Å². The first-order valence-corrected chi connectivity index (χ1v) is 5.99. The second-order valence-electron chi connectivity index (χ2n) is 3.78. The van der Waals surface area contributed by atoms with E-state index in [9.17, 15) is 10.1 Å². The van der Waals surface area contributed by atoms with Crippen molar-refractivity contribution in [1.82, 2.24) is 4.98 Å². The largest absolute Gasteiger partial charge is 0.490 e. The van der Waals surface area contributed by atoms with Crippen LogP contribution in [0.2, 0.25) is 5.02 Å². The second kappa shape index (κ2) is 6.07. The van der Waals surface area contributed by atoms with E-state index in [1.165, 1.54) is 37.6 Å². The molecule has 0 aliphatic heterocycles. The number of halogens is 1. The van der Waals surface area contributed by atoms with E-state index >= 15 is 0 Å². The number of ether oxygens (including phenoxy) is 2. The molecule has 1 aromatic carbocycles. The zero-order chi connectivity index (χ0) is 15.4. The molecule has 0 spiro atoms. The van der Waals surface area contributed by atoms with Crippen LogP contribution in [0.25, 0.3) is 0 Å². The Morgan fingerprint density at radius 1 is 1.43 bits per heavy atom. The summed E-state index contributed by atoms with van der Waals surface area (Å²) in [5.41, 5.74) is -0.0489. The van der Waals surface area contributed by atoms with Gasteiger partial charge in [0.2, 0.25) is 5.88 Å². The number of nitriles is 1. The van der Waals surface area contributed by atoms with E-state index < -0.39 is 4.92 Å². The summed E-state index contributed by atoms with van der Waals surface area (Å²) in [5.74, 6) is 0.263. The first-order chi connectivity index (χ1) is 10.1. The monoisotopic (exact) mass is 305 g/mol. The zero-order valence-corrected chi connectivity index (χ0v) is 11.5. The molecule has 0 bridgehead atoms. The highest BCUT2D eigenvalue weighted by atomic mass is 35.5. The van der Waals surface area contributed by atoms with Crippen LogP contribution in [0.3, 0.4) is 0 Å². The summed E-state index contributed by atoms with van der Waals surface area (Å²) >= 11 is 5.95. The quantitative estimate of drug-likeness (QED) is 0.634. The minimum atomic E-state index is -0.591. The van der Waals surface area contributed by atoms with Crippen LogP contribution in [-0.4, -0.2) is 17.0 Å².